The Hall–Kier alpha value is -0.630. The van der Waals surface area contributed by atoms with Crippen molar-refractivity contribution in [1.82, 2.24) is 0 Å². The summed E-state index contributed by atoms with van der Waals surface area (Å²) in [4.78, 5) is 12.0. The number of hydrogen-bond donors (Lipinski definition) is 1. The van der Waals surface area contributed by atoms with Crippen LogP contribution in [0.25, 0.3) is 0 Å². The first kappa shape index (κ1) is 8.66. The Labute approximate surface area is 84.0 Å². The standard InChI is InChI=1S/C12H16O2/c1-7-8-2-3-10(14)12(6-8)5-4-9(13)11(7)12/h8-9,11,13H,1-6H2/t8-,9+,11-,12-/m0/s1. The van der Waals surface area contributed by atoms with Crippen molar-refractivity contribution in [3.05, 3.63) is 12.2 Å². The van der Waals surface area contributed by atoms with Gasteiger partial charge in [0.15, 0.2) is 0 Å². The maximum atomic E-state index is 12.0. The Morgan fingerprint density at radius 2 is 2.21 bits per heavy atom. The van der Waals surface area contributed by atoms with Crippen LogP contribution in [0.1, 0.15) is 32.1 Å². The van der Waals surface area contributed by atoms with Gasteiger partial charge in [-0.15, -0.1) is 0 Å². The van der Waals surface area contributed by atoms with E-state index in [1.54, 1.807) is 0 Å². The lowest BCUT2D eigenvalue weighted by Crippen LogP contribution is -2.35. The third kappa shape index (κ3) is 0.789. The van der Waals surface area contributed by atoms with Crippen LogP contribution in [-0.4, -0.2) is 17.0 Å². The highest BCUT2D eigenvalue weighted by Gasteiger charge is 2.61. The normalized spacial score (nSPS) is 51.1. The average molecular weight is 192 g/mol. The zero-order valence-corrected chi connectivity index (χ0v) is 8.33. The van der Waals surface area contributed by atoms with E-state index in [0.717, 1.165) is 25.7 Å². The molecule has 3 saturated carbocycles. The average Bonchev–Trinajstić information content (AvgIpc) is 2.59. The van der Waals surface area contributed by atoms with Gasteiger partial charge < -0.3 is 5.11 Å². The molecule has 0 aliphatic heterocycles. The molecule has 2 heteroatoms. The summed E-state index contributed by atoms with van der Waals surface area (Å²) in [5.41, 5.74) is 0.986. The summed E-state index contributed by atoms with van der Waals surface area (Å²) in [6.07, 6.45) is 4.06. The second-order valence-corrected chi connectivity index (χ2v) is 5.18. The number of hydrogen-bond acceptors (Lipinski definition) is 2. The molecule has 3 rings (SSSR count). The molecule has 0 saturated heterocycles. The second-order valence-electron chi connectivity index (χ2n) is 5.18. The fourth-order valence-electron chi connectivity index (χ4n) is 4.02. The lowest BCUT2D eigenvalue weighted by molar-refractivity contribution is -0.132. The first-order valence-corrected chi connectivity index (χ1v) is 5.55. The smallest absolute Gasteiger partial charge is 0.139 e. The van der Waals surface area contributed by atoms with Crippen molar-refractivity contribution in [2.45, 2.75) is 38.2 Å². The summed E-state index contributed by atoms with van der Waals surface area (Å²) in [6.45, 7) is 4.11. The predicted octanol–water partition coefficient (Wildman–Crippen LogP) is 1.68. The molecule has 3 aliphatic rings. The maximum absolute atomic E-state index is 12.0. The van der Waals surface area contributed by atoms with E-state index in [4.69, 9.17) is 0 Å². The molecule has 0 radical (unpaired) electrons. The van der Waals surface area contributed by atoms with Crippen LogP contribution in [0, 0.1) is 17.3 Å². The summed E-state index contributed by atoms with van der Waals surface area (Å²) in [5.74, 6) is 1.02. The molecule has 0 amide bonds. The topological polar surface area (TPSA) is 37.3 Å². The Morgan fingerprint density at radius 1 is 1.43 bits per heavy atom. The number of fused-ring (bicyclic) bond motifs is 1. The lowest BCUT2D eigenvalue weighted by Gasteiger charge is -2.30. The third-order valence-corrected chi connectivity index (χ3v) is 4.68. The van der Waals surface area contributed by atoms with E-state index in [-0.39, 0.29) is 17.4 Å². The van der Waals surface area contributed by atoms with E-state index in [1.165, 1.54) is 5.57 Å². The molecule has 0 aromatic carbocycles. The van der Waals surface area contributed by atoms with Crippen LogP contribution in [-0.2, 0) is 4.79 Å². The minimum absolute atomic E-state index is 0.0995. The zero-order chi connectivity index (χ0) is 9.92. The minimum Gasteiger partial charge on any atom is -0.392 e. The molecular formula is C12H16O2. The SMILES string of the molecule is C=C1[C@H]2CCC(=O)[C@]3(CC[C@@H](O)[C@H]13)C2. The molecule has 3 fully saturated rings. The summed E-state index contributed by atoms with van der Waals surface area (Å²) in [6, 6.07) is 0. The van der Waals surface area contributed by atoms with Crippen LogP contribution in [0.2, 0.25) is 0 Å². The Bertz CT molecular complexity index is 320. The van der Waals surface area contributed by atoms with Crippen molar-refractivity contribution in [1.29, 1.82) is 0 Å². The summed E-state index contributed by atoms with van der Waals surface area (Å²) in [5, 5.41) is 9.92. The summed E-state index contributed by atoms with van der Waals surface area (Å²) >= 11 is 0. The van der Waals surface area contributed by atoms with Gasteiger partial charge in [-0.1, -0.05) is 12.2 Å². The zero-order valence-electron chi connectivity index (χ0n) is 8.33. The maximum Gasteiger partial charge on any atom is 0.139 e. The van der Waals surface area contributed by atoms with Gasteiger partial charge in [-0.3, -0.25) is 4.79 Å². The van der Waals surface area contributed by atoms with Crippen molar-refractivity contribution < 1.29 is 9.90 Å². The first-order valence-electron chi connectivity index (χ1n) is 5.55. The summed E-state index contributed by atoms with van der Waals surface area (Å²) < 4.78 is 0. The summed E-state index contributed by atoms with van der Waals surface area (Å²) in [7, 11) is 0. The van der Waals surface area contributed by atoms with Gasteiger partial charge in [0.25, 0.3) is 0 Å². The molecule has 3 aliphatic carbocycles. The third-order valence-electron chi connectivity index (χ3n) is 4.68. The fraction of sp³-hybridized carbons (Fsp3) is 0.750. The molecule has 76 valence electrons. The van der Waals surface area contributed by atoms with Gasteiger partial charge in [0, 0.05) is 17.8 Å². The van der Waals surface area contributed by atoms with Crippen LogP contribution >= 0.6 is 0 Å². The Morgan fingerprint density at radius 3 is 3.00 bits per heavy atom. The van der Waals surface area contributed by atoms with Gasteiger partial charge in [0.1, 0.15) is 5.78 Å². The van der Waals surface area contributed by atoms with Crippen molar-refractivity contribution in [3.63, 3.8) is 0 Å². The number of carbonyl (C=O) groups is 1. The predicted molar refractivity (Wildman–Crippen MR) is 52.7 cm³/mol. The van der Waals surface area contributed by atoms with Crippen LogP contribution < -0.4 is 0 Å². The van der Waals surface area contributed by atoms with Gasteiger partial charge >= 0.3 is 0 Å². The van der Waals surface area contributed by atoms with E-state index < -0.39 is 0 Å². The van der Waals surface area contributed by atoms with E-state index >= 15 is 0 Å². The Balaban J connectivity index is 2.10. The van der Waals surface area contributed by atoms with Crippen molar-refractivity contribution >= 4 is 5.78 Å². The number of rotatable bonds is 0. The Kier molecular flexibility index (Phi) is 1.54. The van der Waals surface area contributed by atoms with Gasteiger partial charge in [0.05, 0.1) is 6.10 Å². The first-order chi connectivity index (χ1) is 6.65. The molecular weight excluding hydrogens is 176 g/mol. The molecule has 0 heterocycles. The van der Waals surface area contributed by atoms with Gasteiger partial charge in [-0.2, -0.15) is 0 Å². The number of Topliss-reactive ketones (excluding diaryl/α,β-unsaturated/α-hetero) is 1. The number of aliphatic hydroxyl groups is 1. The van der Waals surface area contributed by atoms with Crippen LogP contribution in [0.3, 0.4) is 0 Å². The highest BCUT2D eigenvalue weighted by Crippen LogP contribution is 2.62. The highest BCUT2D eigenvalue weighted by molar-refractivity contribution is 5.88. The van der Waals surface area contributed by atoms with Crippen molar-refractivity contribution in [2.24, 2.45) is 17.3 Å². The van der Waals surface area contributed by atoms with Gasteiger partial charge in [-0.05, 0) is 31.6 Å². The molecule has 14 heavy (non-hydrogen) atoms. The van der Waals surface area contributed by atoms with Crippen LogP contribution in [0.5, 0.6) is 0 Å². The molecule has 4 atom stereocenters. The number of carbonyl (C=O) groups excluding carboxylic acids is 1. The number of aliphatic hydroxyl groups excluding tert-OH is 1. The minimum atomic E-state index is -0.297. The molecule has 1 spiro atoms. The number of ketones is 1. The lowest BCUT2D eigenvalue weighted by atomic mass is 9.71. The van der Waals surface area contributed by atoms with E-state index in [0.29, 0.717) is 18.1 Å². The van der Waals surface area contributed by atoms with Gasteiger partial charge in [-0.25, -0.2) is 0 Å². The van der Waals surface area contributed by atoms with Gasteiger partial charge in [0.2, 0.25) is 0 Å². The molecule has 2 bridgehead atoms. The van der Waals surface area contributed by atoms with Crippen LogP contribution in [0.4, 0.5) is 0 Å². The molecule has 1 N–H and O–H groups in total. The monoisotopic (exact) mass is 192 g/mol. The fourth-order valence-corrected chi connectivity index (χ4v) is 4.02. The van der Waals surface area contributed by atoms with Crippen molar-refractivity contribution in [2.75, 3.05) is 0 Å². The van der Waals surface area contributed by atoms with E-state index in [1.807, 2.05) is 0 Å². The van der Waals surface area contributed by atoms with Crippen molar-refractivity contribution in [3.8, 4) is 0 Å². The molecule has 0 unspecified atom stereocenters. The quantitative estimate of drug-likeness (QED) is 0.593. The molecule has 0 aromatic rings. The van der Waals surface area contributed by atoms with E-state index in [9.17, 15) is 9.90 Å². The van der Waals surface area contributed by atoms with E-state index in [2.05, 4.69) is 6.58 Å². The van der Waals surface area contributed by atoms with Crippen LogP contribution in [0.15, 0.2) is 12.2 Å². The largest absolute Gasteiger partial charge is 0.392 e. The second kappa shape index (κ2) is 2.48. The molecule has 2 nitrogen and oxygen atoms in total. The highest BCUT2D eigenvalue weighted by atomic mass is 16.3. The molecule has 0 aromatic heterocycles.